The smallest absolute Gasteiger partial charge is 0.322 e. The number of methoxy groups -OCH3 is 1. The predicted molar refractivity (Wildman–Crippen MR) is 106 cm³/mol. The van der Waals surface area contributed by atoms with Crippen LogP contribution in [-0.2, 0) is 23.0 Å². The molecule has 0 saturated heterocycles. The normalized spacial score (nSPS) is 11.7. The first kappa shape index (κ1) is 19.7. The van der Waals surface area contributed by atoms with Crippen LogP contribution in [0.25, 0.3) is 22.0 Å². The number of aryl methyl sites for hydroxylation is 1. The molecule has 1 aromatic heterocycles. The molecule has 0 radical (unpaired) electrons. The molecule has 2 N–H and O–H groups in total. The average molecular weight is 373 g/mol. The van der Waals surface area contributed by atoms with E-state index < -0.39 is 12.0 Å². The number of nitrogens with zero attached hydrogens (tertiary/aromatic N) is 1. The van der Waals surface area contributed by atoms with Gasteiger partial charge in [-0.2, -0.15) is 0 Å². The molecule has 6 heteroatoms. The molecule has 136 valence electrons. The van der Waals surface area contributed by atoms with Gasteiger partial charge in [0.2, 0.25) is 0 Å². The number of carbonyl (C=O) groups is 1. The van der Waals surface area contributed by atoms with E-state index >= 15 is 0 Å². The van der Waals surface area contributed by atoms with Crippen LogP contribution >= 0.6 is 12.4 Å². The molecule has 1 atom stereocenters. The zero-order chi connectivity index (χ0) is 18.0. The standard InChI is InChI=1S/C20H20N2O3.ClH/c1-22-18-6-4-3-5-15(18)12-16(19(22)23)14-9-7-13(8-10-14)11-17(21)20(24)25-2;/h3-10,12,17H,11,21H2,1-2H3;1H/t17-;/m0./s1. The first-order chi connectivity index (χ1) is 12.0. The summed E-state index contributed by atoms with van der Waals surface area (Å²) < 4.78 is 6.30. The Morgan fingerprint density at radius 1 is 1.15 bits per heavy atom. The number of ether oxygens (including phenoxy) is 1. The van der Waals surface area contributed by atoms with Crippen LogP contribution in [-0.4, -0.2) is 23.7 Å². The van der Waals surface area contributed by atoms with Gasteiger partial charge in [0.25, 0.3) is 5.56 Å². The van der Waals surface area contributed by atoms with E-state index in [1.54, 1.807) is 11.6 Å². The zero-order valence-corrected chi connectivity index (χ0v) is 15.5. The van der Waals surface area contributed by atoms with Crippen molar-refractivity contribution < 1.29 is 9.53 Å². The van der Waals surface area contributed by atoms with Gasteiger partial charge in [0, 0.05) is 12.6 Å². The van der Waals surface area contributed by atoms with E-state index in [-0.39, 0.29) is 18.0 Å². The topological polar surface area (TPSA) is 74.3 Å². The maximum atomic E-state index is 12.7. The number of para-hydroxylation sites is 1. The highest BCUT2D eigenvalue weighted by Gasteiger charge is 2.14. The zero-order valence-electron chi connectivity index (χ0n) is 14.6. The highest BCUT2D eigenvalue weighted by atomic mass is 35.5. The van der Waals surface area contributed by atoms with E-state index in [9.17, 15) is 9.59 Å². The predicted octanol–water partition coefficient (Wildman–Crippen LogP) is 2.67. The van der Waals surface area contributed by atoms with Crippen molar-refractivity contribution in [2.75, 3.05) is 7.11 Å². The molecule has 0 aliphatic carbocycles. The fourth-order valence-electron chi connectivity index (χ4n) is 2.94. The van der Waals surface area contributed by atoms with Crippen LogP contribution in [0, 0.1) is 0 Å². The minimum absolute atomic E-state index is 0. The number of aromatic nitrogens is 1. The summed E-state index contributed by atoms with van der Waals surface area (Å²) in [7, 11) is 3.10. The van der Waals surface area contributed by atoms with E-state index in [0.29, 0.717) is 12.0 Å². The third-order valence-electron chi connectivity index (χ3n) is 4.36. The molecule has 5 nitrogen and oxygen atoms in total. The Morgan fingerprint density at radius 3 is 2.46 bits per heavy atom. The van der Waals surface area contributed by atoms with Crippen LogP contribution in [0.4, 0.5) is 0 Å². The van der Waals surface area contributed by atoms with Crippen LogP contribution in [0.3, 0.4) is 0 Å². The molecule has 0 aliphatic rings. The lowest BCUT2D eigenvalue weighted by Gasteiger charge is -2.11. The molecular formula is C20H21ClN2O3. The number of halogens is 1. The van der Waals surface area contributed by atoms with Gasteiger partial charge in [0.15, 0.2) is 0 Å². The number of esters is 1. The van der Waals surface area contributed by atoms with Crippen LogP contribution in [0.2, 0.25) is 0 Å². The van der Waals surface area contributed by atoms with E-state index in [1.165, 1.54) is 7.11 Å². The van der Waals surface area contributed by atoms with Crippen LogP contribution in [0.1, 0.15) is 5.56 Å². The van der Waals surface area contributed by atoms with Gasteiger partial charge in [0.1, 0.15) is 6.04 Å². The number of fused-ring (bicyclic) bond motifs is 1. The monoisotopic (exact) mass is 372 g/mol. The lowest BCUT2D eigenvalue weighted by Crippen LogP contribution is -2.33. The lowest BCUT2D eigenvalue weighted by atomic mass is 10.0. The Hall–Kier alpha value is -2.63. The molecule has 0 fully saturated rings. The molecule has 0 aliphatic heterocycles. The van der Waals surface area contributed by atoms with Gasteiger partial charge in [-0.15, -0.1) is 12.4 Å². The molecule has 3 rings (SSSR count). The highest BCUT2D eigenvalue weighted by molar-refractivity contribution is 5.85. The maximum Gasteiger partial charge on any atom is 0.322 e. The van der Waals surface area contributed by atoms with Crippen molar-refractivity contribution in [2.24, 2.45) is 12.8 Å². The van der Waals surface area contributed by atoms with Crippen molar-refractivity contribution in [3.05, 3.63) is 70.5 Å². The van der Waals surface area contributed by atoms with Gasteiger partial charge in [-0.3, -0.25) is 9.59 Å². The summed E-state index contributed by atoms with van der Waals surface area (Å²) in [5.41, 5.74) is 9.04. The van der Waals surface area contributed by atoms with Crippen molar-refractivity contribution in [3.8, 4) is 11.1 Å². The highest BCUT2D eigenvalue weighted by Crippen LogP contribution is 2.21. The summed E-state index contributed by atoms with van der Waals surface area (Å²) in [4.78, 5) is 24.1. The third-order valence-corrected chi connectivity index (χ3v) is 4.36. The number of hydrogen-bond donors (Lipinski definition) is 1. The summed E-state index contributed by atoms with van der Waals surface area (Å²) in [6.45, 7) is 0. The van der Waals surface area contributed by atoms with Gasteiger partial charge < -0.3 is 15.0 Å². The Bertz CT molecular complexity index is 981. The summed E-state index contributed by atoms with van der Waals surface area (Å²) in [5.74, 6) is -0.438. The first-order valence-electron chi connectivity index (χ1n) is 8.02. The summed E-state index contributed by atoms with van der Waals surface area (Å²) in [5, 5.41) is 1.01. The molecule has 3 aromatic rings. The van der Waals surface area contributed by atoms with Gasteiger partial charge in [-0.25, -0.2) is 0 Å². The molecule has 0 saturated carbocycles. The molecule has 2 aromatic carbocycles. The second-order valence-corrected chi connectivity index (χ2v) is 6.01. The van der Waals surface area contributed by atoms with E-state index in [2.05, 4.69) is 4.74 Å². The molecule has 0 bridgehead atoms. The van der Waals surface area contributed by atoms with Gasteiger partial charge in [0.05, 0.1) is 12.6 Å². The average Bonchev–Trinajstić information content (AvgIpc) is 2.64. The quantitative estimate of drug-likeness (QED) is 0.714. The Balaban J connectivity index is 0.00000243. The number of pyridine rings is 1. The van der Waals surface area contributed by atoms with Crippen molar-refractivity contribution in [3.63, 3.8) is 0 Å². The fraction of sp³-hybridized carbons (Fsp3) is 0.200. The van der Waals surface area contributed by atoms with Gasteiger partial charge in [-0.05, 0) is 35.1 Å². The van der Waals surface area contributed by atoms with Crippen molar-refractivity contribution in [1.29, 1.82) is 0 Å². The van der Waals surface area contributed by atoms with Gasteiger partial charge >= 0.3 is 5.97 Å². The van der Waals surface area contributed by atoms with Crippen LogP contribution in [0.5, 0.6) is 0 Å². The lowest BCUT2D eigenvalue weighted by molar-refractivity contribution is -0.142. The first-order valence-corrected chi connectivity index (χ1v) is 8.02. The Labute approximate surface area is 157 Å². The minimum atomic E-state index is -0.690. The SMILES string of the molecule is COC(=O)[C@@H](N)Cc1ccc(-c2cc3ccccc3n(C)c2=O)cc1.Cl. The van der Waals surface area contributed by atoms with Gasteiger partial charge in [-0.1, -0.05) is 42.5 Å². The number of nitrogens with two attached hydrogens (primary N) is 1. The third kappa shape index (κ3) is 3.79. The molecule has 1 heterocycles. The molecule has 26 heavy (non-hydrogen) atoms. The summed E-state index contributed by atoms with van der Waals surface area (Å²) in [6, 6.07) is 16.5. The van der Waals surface area contributed by atoms with Crippen LogP contribution in [0.15, 0.2) is 59.4 Å². The molecule has 0 amide bonds. The Kier molecular flexibility index (Phi) is 6.18. The van der Waals surface area contributed by atoms with E-state index in [4.69, 9.17) is 5.73 Å². The summed E-state index contributed by atoms with van der Waals surface area (Å²) >= 11 is 0. The number of carbonyl (C=O) groups excluding carboxylic acids is 1. The maximum absolute atomic E-state index is 12.7. The number of hydrogen-bond acceptors (Lipinski definition) is 4. The second kappa shape index (κ2) is 8.17. The second-order valence-electron chi connectivity index (χ2n) is 6.01. The minimum Gasteiger partial charge on any atom is -0.468 e. The largest absolute Gasteiger partial charge is 0.468 e. The van der Waals surface area contributed by atoms with E-state index in [0.717, 1.165) is 22.0 Å². The molecule has 0 unspecified atom stereocenters. The van der Waals surface area contributed by atoms with Crippen molar-refractivity contribution >= 4 is 29.3 Å². The number of rotatable bonds is 4. The Morgan fingerprint density at radius 2 is 1.81 bits per heavy atom. The molecule has 0 spiro atoms. The number of benzene rings is 2. The van der Waals surface area contributed by atoms with Crippen molar-refractivity contribution in [1.82, 2.24) is 4.57 Å². The van der Waals surface area contributed by atoms with E-state index in [1.807, 2.05) is 54.6 Å². The molecular weight excluding hydrogens is 352 g/mol. The summed E-state index contributed by atoms with van der Waals surface area (Å²) in [6.07, 6.45) is 0.392. The fourth-order valence-corrected chi connectivity index (χ4v) is 2.94. The van der Waals surface area contributed by atoms with Crippen LogP contribution < -0.4 is 11.3 Å². The van der Waals surface area contributed by atoms with Crippen molar-refractivity contribution in [2.45, 2.75) is 12.5 Å².